The largest absolute Gasteiger partial charge is 0.320 e. The molecule has 1 nitrogen and oxygen atoms in total. The molecule has 0 radical (unpaired) electrons. The van der Waals surface area contributed by atoms with Crippen LogP contribution in [0.3, 0.4) is 0 Å². The first-order valence-corrected chi connectivity index (χ1v) is 4.02. The van der Waals surface area contributed by atoms with E-state index < -0.39 is 0 Å². The van der Waals surface area contributed by atoms with Gasteiger partial charge in [0, 0.05) is 12.0 Å². The van der Waals surface area contributed by atoms with Gasteiger partial charge in [-0.15, -0.1) is 0 Å². The van der Waals surface area contributed by atoms with E-state index in [0.717, 1.165) is 0 Å². The molecular formula is C9H16N+. The summed E-state index contributed by atoms with van der Waals surface area (Å²) >= 11 is 0. The van der Waals surface area contributed by atoms with Crippen LogP contribution in [-0.2, 0) is 0 Å². The van der Waals surface area contributed by atoms with Crippen LogP contribution in [0.5, 0.6) is 0 Å². The number of hydrogen-bond acceptors (Lipinski definition) is 0. The van der Waals surface area contributed by atoms with E-state index >= 15 is 0 Å². The Kier molecular flexibility index (Phi) is 2.69. The molecule has 0 aromatic carbocycles. The van der Waals surface area contributed by atoms with Crippen LogP contribution in [0.25, 0.3) is 0 Å². The summed E-state index contributed by atoms with van der Waals surface area (Å²) in [6.07, 6.45) is 8.28. The van der Waals surface area contributed by atoms with Crippen LogP contribution in [0, 0.1) is 0 Å². The maximum atomic E-state index is 2.24. The number of quaternary nitrogens is 1. The normalized spacial score (nSPS) is 19.4. The molecule has 0 saturated heterocycles. The molecule has 56 valence electrons. The Bertz CT molecular complexity index is 166. The standard InChI is InChI=1S/C9H15N/c1-3-5-8-6-4-7-9(8)10-2/h3,5,10H,4,6-7H2,1-2H3/p+1/b5-3-. The van der Waals surface area contributed by atoms with E-state index in [9.17, 15) is 0 Å². The summed E-state index contributed by atoms with van der Waals surface area (Å²) in [6, 6.07) is 0. The minimum atomic E-state index is 1.28. The molecular weight excluding hydrogens is 122 g/mol. The molecule has 1 heteroatoms. The van der Waals surface area contributed by atoms with Gasteiger partial charge in [0.25, 0.3) is 0 Å². The number of nitrogens with two attached hydrogens (primary N) is 1. The van der Waals surface area contributed by atoms with Crippen LogP contribution < -0.4 is 5.32 Å². The minimum absolute atomic E-state index is 1.28. The second kappa shape index (κ2) is 3.57. The van der Waals surface area contributed by atoms with Gasteiger partial charge in [-0.05, 0) is 19.8 Å². The Balaban J connectivity index is 2.68. The van der Waals surface area contributed by atoms with Crippen molar-refractivity contribution in [1.82, 2.24) is 0 Å². The first-order valence-electron chi connectivity index (χ1n) is 4.02. The quantitative estimate of drug-likeness (QED) is 0.590. The van der Waals surface area contributed by atoms with E-state index in [0.29, 0.717) is 0 Å². The number of allylic oxidation sites excluding steroid dienone is 4. The van der Waals surface area contributed by atoms with Gasteiger partial charge in [-0.1, -0.05) is 12.2 Å². The highest BCUT2D eigenvalue weighted by atomic mass is 14.8. The van der Waals surface area contributed by atoms with Crippen LogP contribution in [-0.4, -0.2) is 7.05 Å². The molecule has 0 aromatic rings. The molecule has 0 bridgehead atoms. The highest BCUT2D eigenvalue weighted by Crippen LogP contribution is 2.21. The van der Waals surface area contributed by atoms with Gasteiger partial charge in [0.1, 0.15) is 5.70 Å². The molecule has 0 spiro atoms. The van der Waals surface area contributed by atoms with Crippen molar-refractivity contribution in [3.05, 3.63) is 23.4 Å². The summed E-state index contributed by atoms with van der Waals surface area (Å²) in [5.41, 5.74) is 3.10. The lowest BCUT2D eigenvalue weighted by Crippen LogP contribution is -2.77. The smallest absolute Gasteiger partial charge is 0.108 e. The van der Waals surface area contributed by atoms with Gasteiger partial charge >= 0.3 is 0 Å². The molecule has 1 aliphatic carbocycles. The second-order valence-corrected chi connectivity index (χ2v) is 2.69. The van der Waals surface area contributed by atoms with Crippen LogP contribution in [0.15, 0.2) is 23.4 Å². The number of rotatable bonds is 2. The summed E-state index contributed by atoms with van der Waals surface area (Å²) in [7, 11) is 2.13. The predicted octanol–water partition coefficient (Wildman–Crippen LogP) is 1.19. The lowest BCUT2D eigenvalue weighted by atomic mass is 10.2. The van der Waals surface area contributed by atoms with Gasteiger partial charge in [-0.25, -0.2) is 0 Å². The molecule has 0 aromatic heterocycles. The fraction of sp³-hybridized carbons (Fsp3) is 0.556. The Morgan fingerprint density at radius 3 is 2.80 bits per heavy atom. The fourth-order valence-corrected chi connectivity index (χ4v) is 1.51. The van der Waals surface area contributed by atoms with Crippen molar-refractivity contribution >= 4 is 0 Å². The highest BCUT2D eigenvalue weighted by Gasteiger charge is 2.13. The molecule has 0 heterocycles. The van der Waals surface area contributed by atoms with Crippen LogP contribution in [0.1, 0.15) is 26.2 Å². The maximum Gasteiger partial charge on any atom is 0.108 e. The first kappa shape index (κ1) is 7.55. The lowest BCUT2D eigenvalue weighted by Gasteiger charge is -1.94. The van der Waals surface area contributed by atoms with Gasteiger partial charge in [-0.3, -0.25) is 0 Å². The molecule has 1 aliphatic rings. The Morgan fingerprint density at radius 2 is 2.20 bits per heavy atom. The number of hydrogen-bond donors (Lipinski definition) is 1. The van der Waals surface area contributed by atoms with E-state index in [4.69, 9.17) is 0 Å². The summed E-state index contributed by atoms with van der Waals surface area (Å²) in [6.45, 7) is 2.08. The molecule has 0 unspecified atom stereocenters. The maximum absolute atomic E-state index is 2.24. The van der Waals surface area contributed by atoms with Gasteiger partial charge < -0.3 is 5.32 Å². The predicted molar refractivity (Wildman–Crippen MR) is 43.5 cm³/mol. The molecule has 0 aliphatic heterocycles. The topological polar surface area (TPSA) is 16.6 Å². The minimum Gasteiger partial charge on any atom is -0.320 e. The molecule has 0 saturated carbocycles. The third-order valence-corrected chi connectivity index (χ3v) is 2.02. The zero-order chi connectivity index (χ0) is 7.40. The Hall–Kier alpha value is -0.560. The molecule has 0 atom stereocenters. The summed E-state index contributed by atoms with van der Waals surface area (Å²) in [4.78, 5) is 0. The van der Waals surface area contributed by atoms with E-state index in [-0.39, 0.29) is 0 Å². The van der Waals surface area contributed by atoms with Crippen molar-refractivity contribution in [2.24, 2.45) is 0 Å². The van der Waals surface area contributed by atoms with Gasteiger partial charge in [-0.2, -0.15) is 0 Å². The second-order valence-electron chi connectivity index (χ2n) is 2.69. The van der Waals surface area contributed by atoms with Crippen molar-refractivity contribution in [3.63, 3.8) is 0 Å². The zero-order valence-electron chi connectivity index (χ0n) is 6.85. The summed E-state index contributed by atoms with van der Waals surface area (Å²) in [5, 5.41) is 2.24. The molecule has 0 amide bonds. The Labute approximate surface area is 62.8 Å². The lowest BCUT2D eigenvalue weighted by molar-refractivity contribution is -0.578. The average molecular weight is 138 g/mol. The average Bonchev–Trinajstić information content (AvgIpc) is 2.36. The summed E-state index contributed by atoms with van der Waals surface area (Å²) in [5.74, 6) is 0. The van der Waals surface area contributed by atoms with E-state index in [2.05, 4.69) is 31.4 Å². The highest BCUT2D eigenvalue weighted by molar-refractivity contribution is 5.24. The first-order chi connectivity index (χ1) is 4.88. The van der Waals surface area contributed by atoms with Crippen LogP contribution in [0.4, 0.5) is 0 Å². The van der Waals surface area contributed by atoms with Gasteiger partial charge in [0.2, 0.25) is 0 Å². The van der Waals surface area contributed by atoms with Crippen LogP contribution in [0.2, 0.25) is 0 Å². The molecule has 10 heavy (non-hydrogen) atoms. The third-order valence-electron chi connectivity index (χ3n) is 2.02. The van der Waals surface area contributed by atoms with E-state index in [1.54, 1.807) is 11.3 Å². The van der Waals surface area contributed by atoms with Crippen molar-refractivity contribution in [1.29, 1.82) is 0 Å². The molecule has 0 fully saturated rings. The van der Waals surface area contributed by atoms with Crippen molar-refractivity contribution < 1.29 is 5.32 Å². The molecule has 2 N–H and O–H groups in total. The van der Waals surface area contributed by atoms with Crippen molar-refractivity contribution in [2.75, 3.05) is 7.05 Å². The molecule has 1 rings (SSSR count). The van der Waals surface area contributed by atoms with E-state index in [1.165, 1.54) is 19.3 Å². The van der Waals surface area contributed by atoms with Crippen molar-refractivity contribution in [2.45, 2.75) is 26.2 Å². The zero-order valence-corrected chi connectivity index (χ0v) is 6.85. The van der Waals surface area contributed by atoms with E-state index in [1.807, 2.05) is 0 Å². The van der Waals surface area contributed by atoms with Crippen molar-refractivity contribution in [3.8, 4) is 0 Å². The third kappa shape index (κ3) is 1.48. The Morgan fingerprint density at radius 1 is 1.40 bits per heavy atom. The van der Waals surface area contributed by atoms with Crippen LogP contribution >= 0.6 is 0 Å². The van der Waals surface area contributed by atoms with Gasteiger partial charge in [0.15, 0.2) is 0 Å². The van der Waals surface area contributed by atoms with Gasteiger partial charge in [0.05, 0.1) is 7.05 Å². The SMILES string of the molecule is C/C=C\C1=C([NH2+]C)CCC1. The fourth-order valence-electron chi connectivity index (χ4n) is 1.51. The summed E-state index contributed by atoms with van der Waals surface area (Å²) < 4.78 is 0. The monoisotopic (exact) mass is 138 g/mol.